The summed E-state index contributed by atoms with van der Waals surface area (Å²) >= 11 is 0. The van der Waals surface area contributed by atoms with Crippen LogP contribution in [0.15, 0.2) is 0 Å². The van der Waals surface area contributed by atoms with Crippen molar-refractivity contribution in [3.63, 3.8) is 0 Å². The first-order chi connectivity index (χ1) is 3.39. The van der Waals surface area contributed by atoms with Crippen LogP contribution in [0.1, 0.15) is 8.35 Å². The first-order valence-corrected chi connectivity index (χ1v) is 2.71. The van der Waals surface area contributed by atoms with Crippen molar-refractivity contribution in [3.8, 4) is 0 Å². The fourth-order valence-electron chi connectivity index (χ4n) is 0.697. The van der Waals surface area contributed by atoms with Crippen molar-refractivity contribution in [3.05, 3.63) is 0 Å². The standard InChI is InChI=1S/C5H11NO.Li.H/c1-5-4-7-3-2-6-5;;/h5-6H,2-4H2,1H3;;/q;+1;-1. The largest absolute Gasteiger partial charge is 1.00 e. The summed E-state index contributed by atoms with van der Waals surface area (Å²) in [4.78, 5) is 0. The van der Waals surface area contributed by atoms with Crippen LogP contribution < -0.4 is 24.2 Å². The minimum absolute atomic E-state index is 0. The molecule has 3 heteroatoms. The molecular formula is C5H12LiNO. The second-order valence-corrected chi connectivity index (χ2v) is 1.93. The van der Waals surface area contributed by atoms with Gasteiger partial charge in [0.2, 0.25) is 0 Å². The molecule has 0 aromatic rings. The van der Waals surface area contributed by atoms with Crippen molar-refractivity contribution < 1.29 is 25.0 Å². The van der Waals surface area contributed by atoms with E-state index in [0.717, 1.165) is 19.8 Å². The molecule has 1 rings (SSSR count). The summed E-state index contributed by atoms with van der Waals surface area (Å²) in [7, 11) is 0. The molecule has 0 bridgehead atoms. The van der Waals surface area contributed by atoms with Gasteiger partial charge in [0, 0.05) is 12.6 Å². The zero-order valence-corrected chi connectivity index (χ0v) is 5.61. The second kappa shape index (κ2) is 4.40. The first kappa shape index (κ1) is 8.52. The van der Waals surface area contributed by atoms with E-state index < -0.39 is 0 Å². The van der Waals surface area contributed by atoms with Crippen LogP contribution in [0.5, 0.6) is 0 Å². The van der Waals surface area contributed by atoms with E-state index in [-0.39, 0.29) is 20.3 Å². The van der Waals surface area contributed by atoms with Crippen LogP contribution in [0.4, 0.5) is 0 Å². The van der Waals surface area contributed by atoms with E-state index in [1.807, 2.05) is 0 Å². The van der Waals surface area contributed by atoms with E-state index in [2.05, 4.69) is 12.2 Å². The molecule has 1 atom stereocenters. The van der Waals surface area contributed by atoms with Crippen molar-refractivity contribution in [2.75, 3.05) is 19.8 Å². The molecule has 0 aromatic heterocycles. The number of ether oxygens (including phenoxy) is 1. The molecule has 0 spiro atoms. The number of hydrogen-bond donors (Lipinski definition) is 1. The normalized spacial score (nSPS) is 28.9. The van der Waals surface area contributed by atoms with E-state index >= 15 is 0 Å². The third-order valence-corrected chi connectivity index (χ3v) is 1.11. The average molecular weight is 109 g/mol. The molecule has 8 heavy (non-hydrogen) atoms. The van der Waals surface area contributed by atoms with Gasteiger partial charge < -0.3 is 11.5 Å². The van der Waals surface area contributed by atoms with Gasteiger partial charge in [-0.3, -0.25) is 0 Å². The van der Waals surface area contributed by atoms with Crippen molar-refractivity contribution in [2.45, 2.75) is 13.0 Å². The molecule has 1 aliphatic heterocycles. The SMILES string of the molecule is CC1COCCN1.[H-].[Li+]. The van der Waals surface area contributed by atoms with Gasteiger partial charge in [0.15, 0.2) is 0 Å². The quantitative estimate of drug-likeness (QED) is 0.337. The monoisotopic (exact) mass is 109 g/mol. The minimum Gasteiger partial charge on any atom is -1.00 e. The van der Waals surface area contributed by atoms with Crippen LogP contribution in [0, 0.1) is 0 Å². The Labute approximate surface area is 63.6 Å². The molecule has 0 saturated carbocycles. The number of morpholine rings is 1. The average Bonchev–Trinajstić information content (AvgIpc) is 1.69. The molecule has 0 amide bonds. The Morgan fingerprint density at radius 1 is 1.75 bits per heavy atom. The van der Waals surface area contributed by atoms with E-state index in [0.29, 0.717) is 6.04 Å². The summed E-state index contributed by atoms with van der Waals surface area (Å²) in [5.74, 6) is 0. The predicted octanol–water partition coefficient (Wildman–Crippen LogP) is -2.89. The van der Waals surface area contributed by atoms with Crippen LogP contribution >= 0.6 is 0 Å². The van der Waals surface area contributed by atoms with Gasteiger partial charge in [-0.25, -0.2) is 0 Å². The van der Waals surface area contributed by atoms with Crippen LogP contribution in [0.3, 0.4) is 0 Å². The Hall–Kier alpha value is 0.517. The number of nitrogens with one attached hydrogen (secondary N) is 1. The van der Waals surface area contributed by atoms with Crippen molar-refractivity contribution in [1.29, 1.82) is 0 Å². The fraction of sp³-hybridized carbons (Fsp3) is 1.00. The van der Waals surface area contributed by atoms with Crippen LogP contribution in [-0.4, -0.2) is 25.8 Å². The third kappa shape index (κ3) is 2.73. The van der Waals surface area contributed by atoms with Gasteiger partial charge in [-0.2, -0.15) is 0 Å². The predicted molar refractivity (Wildman–Crippen MR) is 29.4 cm³/mol. The number of hydrogen-bond acceptors (Lipinski definition) is 2. The van der Waals surface area contributed by atoms with Gasteiger partial charge in [0.25, 0.3) is 0 Å². The summed E-state index contributed by atoms with van der Waals surface area (Å²) in [5, 5.41) is 3.26. The third-order valence-electron chi connectivity index (χ3n) is 1.11. The molecule has 0 aromatic carbocycles. The number of rotatable bonds is 0. The Morgan fingerprint density at radius 3 is 2.75 bits per heavy atom. The molecule has 1 unspecified atom stereocenters. The molecule has 44 valence electrons. The maximum atomic E-state index is 5.12. The van der Waals surface area contributed by atoms with Crippen molar-refractivity contribution in [2.24, 2.45) is 0 Å². The molecule has 1 heterocycles. The zero-order chi connectivity index (χ0) is 5.11. The zero-order valence-electron chi connectivity index (χ0n) is 6.61. The smallest absolute Gasteiger partial charge is 1.00 e. The Balaban J connectivity index is 0. The van der Waals surface area contributed by atoms with Gasteiger partial charge >= 0.3 is 18.9 Å². The van der Waals surface area contributed by atoms with E-state index in [1.54, 1.807) is 0 Å². The molecule has 0 radical (unpaired) electrons. The molecular weight excluding hydrogens is 97.0 g/mol. The van der Waals surface area contributed by atoms with Crippen molar-refractivity contribution >= 4 is 0 Å². The molecule has 1 aliphatic rings. The second-order valence-electron chi connectivity index (χ2n) is 1.93. The summed E-state index contributed by atoms with van der Waals surface area (Å²) < 4.78 is 5.12. The van der Waals surface area contributed by atoms with Gasteiger partial charge in [-0.15, -0.1) is 0 Å². The van der Waals surface area contributed by atoms with Gasteiger partial charge in [-0.05, 0) is 6.92 Å². The summed E-state index contributed by atoms with van der Waals surface area (Å²) in [6.07, 6.45) is 0. The van der Waals surface area contributed by atoms with Gasteiger partial charge in [-0.1, -0.05) is 0 Å². The maximum Gasteiger partial charge on any atom is 1.00 e. The fourth-order valence-corrected chi connectivity index (χ4v) is 0.697. The van der Waals surface area contributed by atoms with E-state index in [9.17, 15) is 0 Å². The molecule has 1 saturated heterocycles. The molecule has 1 N–H and O–H groups in total. The summed E-state index contributed by atoms with van der Waals surface area (Å²) in [5.41, 5.74) is 0. The van der Waals surface area contributed by atoms with Crippen LogP contribution in [0.25, 0.3) is 0 Å². The Morgan fingerprint density at radius 2 is 2.50 bits per heavy atom. The van der Waals surface area contributed by atoms with Crippen LogP contribution in [-0.2, 0) is 4.74 Å². The minimum atomic E-state index is 0. The van der Waals surface area contributed by atoms with Crippen molar-refractivity contribution in [1.82, 2.24) is 5.32 Å². The van der Waals surface area contributed by atoms with Gasteiger partial charge in [0.1, 0.15) is 0 Å². The maximum absolute atomic E-state index is 5.12. The summed E-state index contributed by atoms with van der Waals surface area (Å²) in [6, 6.07) is 0.564. The van der Waals surface area contributed by atoms with Gasteiger partial charge in [0.05, 0.1) is 13.2 Å². The summed E-state index contributed by atoms with van der Waals surface area (Å²) in [6.45, 7) is 4.89. The Bertz CT molecular complexity index is 58.9. The van der Waals surface area contributed by atoms with E-state index in [4.69, 9.17) is 4.74 Å². The Kier molecular flexibility index (Phi) is 4.69. The van der Waals surface area contributed by atoms with Crippen LogP contribution in [0.2, 0.25) is 0 Å². The molecule has 2 nitrogen and oxygen atoms in total. The van der Waals surface area contributed by atoms with E-state index in [1.165, 1.54) is 0 Å². The first-order valence-electron chi connectivity index (χ1n) is 2.71. The molecule has 1 fully saturated rings. The topological polar surface area (TPSA) is 21.3 Å². The molecule has 0 aliphatic carbocycles.